The second-order valence-electron chi connectivity index (χ2n) is 7.02. The Kier molecular flexibility index (Phi) is 5.45. The van der Waals surface area contributed by atoms with Gasteiger partial charge in [-0.1, -0.05) is 19.9 Å². The van der Waals surface area contributed by atoms with Gasteiger partial charge < -0.3 is 4.74 Å². The molecule has 1 aliphatic heterocycles. The number of hydrogen-bond acceptors (Lipinski definition) is 5. The van der Waals surface area contributed by atoms with E-state index in [-0.39, 0.29) is 6.10 Å². The Morgan fingerprint density at radius 3 is 2.67 bits per heavy atom. The molecule has 130 valence electrons. The van der Waals surface area contributed by atoms with Crippen molar-refractivity contribution in [3.8, 4) is 5.88 Å². The monoisotopic (exact) mass is 329 g/mol. The molecule has 1 saturated heterocycles. The van der Waals surface area contributed by atoms with Gasteiger partial charge in [0.2, 0.25) is 5.88 Å². The van der Waals surface area contributed by atoms with Crippen LogP contribution in [-0.4, -0.2) is 43.8 Å². The number of likely N-dealkylation sites (tertiary alicyclic amines) is 1. The maximum absolute atomic E-state index is 6.00. The molecular weight excluding hydrogens is 302 g/mol. The van der Waals surface area contributed by atoms with Gasteiger partial charge >= 0.3 is 0 Å². The molecule has 0 N–H and O–H groups in total. The molecule has 3 heterocycles. The molecule has 0 amide bonds. The fourth-order valence-electron chi connectivity index (χ4n) is 2.99. The van der Waals surface area contributed by atoms with E-state index in [1.165, 1.54) is 0 Å². The number of pyridine rings is 1. The molecule has 1 aliphatic rings. The summed E-state index contributed by atoms with van der Waals surface area (Å²) in [6, 6.07) is 4.00. The molecule has 0 spiro atoms. The summed E-state index contributed by atoms with van der Waals surface area (Å²) in [6.45, 7) is 10.3. The average Bonchev–Trinajstić information content (AvgIpc) is 2.98. The molecule has 2 aromatic heterocycles. The van der Waals surface area contributed by atoms with E-state index in [9.17, 15) is 0 Å². The zero-order valence-corrected chi connectivity index (χ0v) is 14.9. The van der Waals surface area contributed by atoms with Gasteiger partial charge in [0.25, 0.3) is 0 Å². The van der Waals surface area contributed by atoms with E-state index < -0.39 is 0 Å². The van der Waals surface area contributed by atoms with Crippen LogP contribution in [0.15, 0.2) is 24.7 Å². The van der Waals surface area contributed by atoms with Gasteiger partial charge in [0.05, 0.1) is 6.54 Å². The van der Waals surface area contributed by atoms with Crippen molar-refractivity contribution < 1.29 is 4.74 Å². The zero-order valence-electron chi connectivity index (χ0n) is 14.9. The minimum absolute atomic E-state index is 0.255. The standard InChI is InChI=1S/C18H27N5O/c1-14(2)11-23-17(20-13-21-23)12-22-8-6-16(7-9-22)24-18-5-4-15(3)10-19-18/h4-5,10,13-14,16H,6-9,11-12H2,1-3H3. The molecule has 24 heavy (non-hydrogen) atoms. The molecule has 0 bridgehead atoms. The molecular formula is C18H27N5O. The van der Waals surface area contributed by atoms with E-state index in [1.807, 2.05) is 29.9 Å². The predicted octanol–water partition coefficient (Wildman–Crippen LogP) is 2.68. The van der Waals surface area contributed by atoms with Gasteiger partial charge in [-0.25, -0.2) is 14.6 Å². The summed E-state index contributed by atoms with van der Waals surface area (Å²) in [6.07, 6.45) is 5.81. The number of aromatic nitrogens is 4. The summed E-state index contributed by atoms with van der Waals surface area (Å²) in [5.74, 6) is 2.37. The van der Waals surface area contributed by atoms with E-state index in [4.69, 9.17) is 4.74 Å². The SMILES string of the molecule is Cc1ccc(OC2CCN(Cc3ncnn3CC(C)C)CC2)nc1. The summed E-state index contributed by atoms with van der Waals surface area (Å²) in [5, 5.41) is 4.35. The molecule has 0 aliphatic carbocycles. The Balaban J connectivity index is 1.48. The number of hydrogen-bond donors (Lipinski definition) is 0. The van der Waals surface area contributed by atoms with E-state index >= 15 is 0 Å². The van der Waals surface area contributed by atoms with Crippen molar-refractivity contribution in [3.63, 3.8) is 0 Å². The van der Waals surface area contributed by atoms with Gasteiger partial charge in [-0.15, -0.1) is 0 Å². The molecule has 3 rings (SSSR count). The molecule has 0 aromatic carbocycles. The van der Waals surface area contributed by atoms with Crippen LogP contribution in [0.25, 0.3) is 0 Å². The largest absolute Gasteiger partial charge is 0.474 e. The summed E-state index contributed by atoms with van der Waals surface area (Å²) < 4.78 is 8.03. The van der Waals surface area contributed by atoms with Crippen molar-refractivity contribution in [2.75, 3.05) is 13.1 Å². The molecule has 0 saturated carbocycles. The van der Waals surface area contributed by atoms with Crippen molar-refractivity contribution in [1.29, 1.82) is 0 Å². The lowest BCUT2D eigenvalue weighted by Crippen LogP contribution is -2.38. The lowest BCUT2D eigenvalue weighted by molar-refractivity contribution is 0.0909. The smallest absolute Gasteiger partial charge is 0.213 e. The highest BCUT2D eigenvalue weighted by Gasteiger charge is 2.22. The van der Waals surface area contributed by atoms with Gasteiger partial charge in [-0.2, -0.15) is 5.10 Å². The number of aryl methyl sites for hydroxylation is 1. The van der Waals surface area contributed by atoms with Crippen LogP contribution in [0.1, 0.15) is 38.1 Å². The van der Waals surface area contributed by atoms with Crippen molar-refractivity contribution >= 4 is 0 Å². The van der Waals surface area contributed by atoms with Crippen LogP contribution >= 0.6 is 0 Å². The summed E-state index contributed by atoms with van der Waals surface area (Å²) in [4.78, 5) is 11.2. The lowest BCUT2D eigenvalue weighted by Gasteiger charge is -2.31. The van der Waals surface area contributed by atoms with Crippen molar-refractivity contribution in [2.45, 2.75) is 52.8 Å². The maximum atomic E-state index is 6.00. The first-order valence-electron chi connectivity index (χ1n) is 8.78. The second-order valence-corrected chi connectivity index (χ2v) is 7.02. The highest BCUT2D eigenvalue weighted by Crippen LogP contribution is 2.18. The van der Waals surface area contributed by atoms with Crippen LogP contribution in [0.4, 0.5) is 0 Å². The van der Waals surface area contributed by atoms with Crippen LogP contribution in [0.5, 0.6) is 5.88 Å². The minimum Gasteiger partial charge on any atom is -0.474 e. The van der Waals surface area contributed by atoms with Gasteiger partial charge in [0.1, 0.15) is 18.3 Å². The van der Waals surface area contributed by atoms with Crippen molar-refractivity contribution in [2.24, 2.45) is 5.92 Å². The number of nitrogens with zero attached hydrogens (tertiary/aromatic N) is 5. The fraction of sp³-hybridized carbons (Fsp3) is 0.611. The fourth-order valence-corrected chi connectivity index (χ4v) is 2.99. The molecule has 0 radical (unpaired) electrons. The summed E-state index contributed by atoms with van der Waals surface area (Å²) in [5.41, 5.74) is 1.16. The van der Waals surface area contributed by atoms with Crippen LogP contribution in [0.2, 0.25) is 0 Å². The van der Waals surface area contributed by atoms with Crippen LogP contribution in [0.3, 0.4) is 0 Å². The third kappa shape index (κ3) is 4.54. The van der Waals surface area contributed by atoms with Gasteiger partial charge in [0, 0.05) is 31.9 Å². The summed E-state index contributed by atoms with van der Waals surface area (Å²) >= 11 is 0. The van der Waals surface area contributed by atoms with Crippen LogP contribution in [0, 0.1) is 12.8 Å². The van der Waals surface area contributed by atoms with Gasteiger partial charge in [-0.05, 0) is 31.2 Å². The first kappa shape index (κ1) is 16.9. The van der Waals surface area contributed by atoms with Crippen molar-refractivity contribution in [1.82, 2.24) is 24.6 Å². The Labute approximate surface area is 143 Å². The Bertz CT molecular complexity index is 629. The molecule has 0 atom stereocenters. The maximum Gasteiger partial charge on any atom is 0.213 e. The Morgan fingerprint density at radius 2 is 2.00 bits per heavy atom. The van der Waals surface area contributed by atoms with E-state index in [1.54, 1.807) is 6.33 Å². The van der Waals surface area contributed by atoms with E-state index in [0.29, 0.717) is 5.92 Å². The van der Waals surface area contributed by atoms with Gasteiger partial charge in [0.15, 0.2) is 0 Å². The first-order chi connectivity index (χ1) is 11.6. The normalized spacial score (nSPS) is 16.7. The topological polar surface area (TPSA) is 56.1 Å². The first-order valence-corrected chi connectivity index (χ1v) is 8.78. The van der Waals surface area contributed by atoms with Crippen LogP contribution in [-0.2, 0) is 13.1 Å². The second kappa shape index (κ2) is 7.75. The highest BCUT2D eigenvalue weighted by atomic mass is 16.5. The zero-order chi connectivity index (χ0) is 16.9. The molecule has 6 heteroatoms. The molecule has 2 aromatic rings. The van der Waals surface area contributed by atoms with E-state index in [2.05, 4.69) is 33.8 Å². The van der Waals surface area contributed by atoms with Crippen LogP contribution < -0.4 is 4.74 Å². The van der Waals surface area contributed by atoms with Crippen molar-refractivity contribution in [3.05, 3.63) is 36.0 Å². The number of ether oxygens (including phenoxy) is 1. The quantitative estimate of drug-likeness (QED) is 0.815. The third-order valence-corrected chi connectivity index (χ3v) is 4.31. The van der Waals surface area contributed by atoms with Gasteiger partial charge in [-0.3, -0.25) is 4.90 Å². The highest BCUT2D eigenvalue weighted by molar-refractivity contribution is 5.16. The third-order valence-electron chi connectivity index (χ3n) is 4.31. The predicted molar refractivity (Wildman–Crippen MR) is 92.8 cm³/mol. The number of rotatable bonds is 6. The summed E-state index contributed by atoms with van der Waals surface area (Å²) in [7, 11) is 0. The lowest BCUT2D eigenvalue weighted by atomic mass is 10.1. The minimum atomic E-state index is 0.255. The molecule has 1 fully saturated rings. The Hall–Kier alpha value is -1.95. The molecule has 6 nitrogen and oxygen atoms in total. The Morgan fingerprint density at radius 1 is 1.21 bits per heavy atom. The molecule has 0 unspecified atom stereocenters. The van der Waals surface area contributed by atoms with E-state index in [0.717, 1.165) is 56.3 Å². The average molecular weight is 329 g/mol. The number of piperidine rings is 1.